The molecule has 1 aromatic rings. The number of nitrogens with one attached hydrogen (secondary N) is 1. The van der Waals surface area contributed by atoms with E-state index in [-0.39, 0.29) is 12.1 Å². The zero-order chi connectivity index (χ0) is 15.0. The number of nitrogens with zero attached hydrogens (tertiary/aromatic N) is 1. The third kappa shape index (κ3) is 2.82. The van der Waals surface area contributed by atoms with Crippen molar-refractivity contribution in [3.63, 3.8) is 0 Å². The first-order valence-corrected chi connectivity index (χ1v) is 8.25. The van der Waals surface area contributed by atoms with E-state index in [4.69, 9.17) is 11.6 Å². The molecule has 3 nitrogen and oxygen atoms in total. The highest BCUT2D eigenvalue weighted by Crippen LogP contribution is 2.37. The Labute approximate surface area is 131 Å². The maximum atomic E-state index is 12.4. The SMILES string of the molecule is CC1CCCC(N2C(=O)CNC2c2cccc(Cl)c2)C1C. The van der Waals surface area contributed by atoms with Crippen molar-refractivity contribution in [2.45, 2.75) is 45.3 Å². The molecule has 1 aliphatic carbocycles. The molecule has 0 spiro atoms. The second-order valence-electron chi connectivity index (χ2n) is 6.47. The van der Waals surface area contributed by atoms with Gasteiger partial charge < -0.3 is 4.90 Å². The van der Waals surface area contributed by atoms with Crippen molar-refractivity contribution in [3.05, 3.63) is 34.9 Å². The van der Waals surface area contributed by atoms with Gasteiger partial charge in [0.25, 0.3) is 0 Å². The summed E-state index contributed by atoms with van der Waals surface area (Å²) >= 11 is 6.11. The number of hydrogen-bond donors (Lipinski definition) is 1. The Balaban J connectivity index is 1.89. The third-order valence-electron chi connectivity index (χ3n) is 5.20. The fourth-order valence-electron chi connectivity index (χ4n) is 3.80. The summed E-state index contributed by atoms with van der Waals surface area (Å²) in [6, 6.07) is 8.17. The van der Waals surface area contributed by atoms with Gasteiger partial charge in [-0.1, -0.05) is 50.4 Å². The molecule has 3 rings (SSSR count). The van der Waals surface area contributed by atoms with Crippen LogP contribution < -0.4 is 5.32 Å². The predicted molar refractivity (Wildman–Crippen MR) is 85.0 cm³/mol. The van der Waals surface area contributed by atoms with E-state index in [1.54, 1.807) is 0 Å². The number of rotatable bonds is 2. The number of halogens is 1. The first-order valence-electron chi connectivity index (χ1n) is 7.88. The van der Waals surface area contributed by atoms with Gasteiger partial charge in [0.15, 0.2) is 0 Å². The highest BCUT2D eigenvalue weighted by atomic mass is 35.5. The molecule has 1 heterocycles. The lowest BCUT2D eigenvalue weighted by Crippen LogP contribution is -2.46. The Kier molecular flexibility index (Phi) is 4.23. The molecule has 0 aromatic heterocycles. The van der Waals surface area contributed by atoms with E-state index >= 15 is 0 Å². The van der Waals surface area contributed by atoms with Crippen molar-refractivity contribution < 1.29 is 4.79 Å². The molecule has 4 unspecified atom stereocenters. The minimum Gasteiger partial charge on any atom is -0.319 e. The van der Waals surface area contributed by atoms with Crippen LogP contribution in [-0.4, -0.2) is 23.4 Å². The second kappa shape index (κ2) is 5.98. The lowest BCUT2D eigenvalue weighted by atomic mass is 9.77. The average Bonchev–Trinajstić information content (AvgIpc) is 2.84. The van der Waals surface area contributed by atoms with Gasteiger partial charge in [-0.05, 0) is 36.0 Å². The van der Waals surface area contributed by atoms with Crippen LogP contribution >= 0.6 is 11.6 Å². The summed E-state index contributed by atoms with van der Waals surface area (Å²) in [4.78, 5) is 14.5. The molecule has 1 aromatic carbocycles. The summed E-state index contributed by atoms with van der Waals surface area (Å²) in [6.45, 7) is 5.02. The van der Waals surface area contributed by atoms with Gasteiger partial charge >= 0.3 is 0 Å². The highest BCUT2D eigenvalue weighted by Gasteiger charge is 2.41. The van der Waals surface area contributed by atoms with E-state index in [0.717, 1.165) is 17.0 Å². The molecule has 2 fully saturated rings. The normalized spacial score (nSPS) is 33.5. The summed E-state index contributed by atoms with van der Waals surface area (Å²) in [5.41, 5.74) is 1.08. The lowest BCUT2D eigenvalue weighted by molar-refractivity contribution is -0.132. The van der Waals surface area contributed by atoms with Gasteiger partial charge in [-0.2, -0.15) is 0 Å². The monoisotopic (exact) mass is 306 g/mol. The first kappa shape index (κ1) is 14.9. The molecule has 1 saturated carbocycles. The van der Waals surface area contributed by atoms with Crippen LogP contribution in [0.4, 0.5) is 0 Å². The summed E-state index contributed by atoms with van der Waals surface area (Å²) < 4.78 is 0. The van der Waals surface area contributed by atoms with Gasteiger partial charge in [0.05, 0.1) is 6.54 Å². The van der Waals surface area contributed by atoms with Crippen molar-refractivity contribution in [1.82, 2.24) is 10.2 Å². The Morgan fingerprint density at radius 2 is 2.10 bits per heavy atom. The van der Waals surface area contributed by atoms with Crippen LogP contribution in [0.25, 0.3) is 0 Å². The number of hydrogen-bond acceptors (Lipinski definition) is 2. The van der Waals surface area contributed by atoms with E-state index in [1.165, 1.54) is 12.8 Å². The van der Waals surface area contributed by atoms with Crippen LogP contribution in [0.15, 0.2) is 24.3 Å². The number of carbonyl (C=O) groups excluding carboxylic acids is 1. The minimum absolute atomic E-state index is 0.0334. The Hall–Kier alpha value is -1.06. The predicted octanol–water partition coefficient (Wildman–Crippen LogP) is 3.60. The molecule has 4 atom stereocenters. The third-order valence-corrected chi connectivity index (χ3v) is 5.43. The lowest BCUT2D eigenvalue weighted by Gasteiger charge is -2.42. The number of carbonyl (C=O) groups is 1. The summed E-state index contributed by atoms with van der Waals surface area (Å²) in [6.07, 6.45) is 3.56. The second-order valence-corrected chi connectivity index (χ2v) is 6.91. The molecular formula is C17H23ClN2O. The first-order chi connectivity index (χ1) is 10.1. The fraction of sp³-hybridized carbons (Fsp3) is 0.588. The quantitative estimate of drug-likeness (QED) is 0.905. The zero-order valence-electron chi connectivity index (χ0n) is 12.7. The molecule has 1 aliphatic heterocycles. The molecule has 0 bridgehead atoms. The Morgan fingerprint density at radius 3 is 2.86 bits per heavy atom. The molecular weight excluding hydrogens is 284 g/mol. The molecule has 2 aliphatic rings. The van der Waals surface area contributed by atoms with Gasteiger partial charge in [-0.15, -0.1) is 0 Å². The van der Waals surface area contributed by atoms with Gasteiger partial charge in [-0.25, -0.2) is 0 Å². The highest BCUT2D eigenvalue weighted by molar-refractivity contribution is 6.30. The topological polar surface area (TPSA) is 32.3 Å². The van der Waals surface area contributed by atoms with E-state index in [2.05, 4.69) is 24.1 Å². The standard InChI is InChI=1S/C17H23ClN2O/c1-11-5-3-8-15(12(11)2)20-16(21)10-19-17(20)13-6-4-7-14(18)9-13/h4,6-7,9,11-12,15,17,19H,3,5,8,10H2,1-2H3. The Morgan fingerprint density at radius 1 is 1.29 bits per heavy atom. The molecule has 1 amide bonds. The number of benzene rings is 1. The largest absolute Gasteiger partial charge is 0.319 e. The molecule has 4 heteroatoms. The van der Waals surface area contributed by atoms with Crippen LogP contribution in [0, 0.1) is 11.8 Å². The maximum absolute atomic E-state index is 12.4. The van der Waals surface area contributed by atoms with Crippen LogP contribution in [-0.2, 0) is 4.79 Å². The van der Waals surface area contributed by atoms with E-state index in [9.17, 15) is 4.79 Å². The molecule has 21 heavy (non-hydrogen) atoms. The van der Waals surface area contributed by atoms with E-state index < -0.39 is 0 Å². The molecule has 114 valence electrons. The number of amides is 1. The maximum Gasteiger partial charge on any atom is 0.238 e. The van der Waals surface area contributed by atoms with Crippen molar-refractivity contribution in [2.24, 2.45) is 11.8 Å². The fourth-order valence-corrected chi connectivity index (χ4v) is 3.99. The average molecular weight is 307 g/mol. The van der Waals surface area contributed by atoms with Gasteiger partial charge in [0, 0.05) is 11.1 Å². The van der Waals surface area contributed by atoms with E-state index in [1.807, 2.05) is 24.3 Å². The van der Waals surface area contributed by atoms with Crippen LogP contribution in [0.1, 0.15) is 44.8 Å². The molecule has 1 N–H and O–H groups in total. The van der Waals surface area contributed by atoms with Crippen molar-refractivity contribution >= 4 is 17.5 Å². The van der Waals surface area contributed by atoms with Crippen molar-refractivity contribution in [3.8, 4) is 0 Å². The van der Waals surface area contributed by atoms with Crippen molar-refractivity contribution in [1.29, 1.82) is 0 Å². The van der Waals surface area contributed by atoms with Gasteiger partial charge in [-0.3, -0.25) is 10.1 Å². The minimum atomic E-state index is -0.0334. The van der Waals surface area contributed by atoms with Crippen molar-refractivity contribution in [2.75, 3.05) is 6.54 Å². The summed E-state index contributed by atoms with van der Waals surface area (Å²) in [7, 11) is 0. The van der Waals surface area contributed by atoms with Crippen LogP contribution in [0.5, 0.6) is 0 Å². The van der Waals surface area contributed by atoms with Gasteiger partial charge in [0.1, 0.15) is 6.17 Å². The molecule has 1 saturated heterocycles. The van der Waals surface area contributed by atoms with Gasteiger partial charge in [0.2, 0.25) is 5.91 Å². The smallest absolute Gasteiger partial charge is 0.238 e. The van der Waals surface area contributed by atoms with Crippen LogP contribution in [0.2, 0.25) is 5.02 Å². The Bertz CT molecular complexity index is 533. The summed E-state index contributed by atoms with van der Waals surface area (Å²) in [5.74, 6) is 1.44. The van der Waals surface area contributed by atoms with E-state index in [0.29, 0.717) is 24.4 Å². The zero-order valence-corrected chi connectivity index (χ0v) is 13.4. The summed E-state index contributed by atoms with van der Waals surface area (Å²) in [5, 5.41) is 4.07. The van der Waals surface area contributed by atoms with Crippen LogP contribution in [0.3, 0.4) is 0 Å². The molecule has 0 radical (unpaired) electrons.